The summed E-state index contributed by atoms with van der Waals surface area (Å²) < 4.78 is 15.7. The van der Waals surface area contributed by atoms with Crippen molar-refractivity contribution in [3.8, 4) is 0 Å². The average Bonchev–Trinajstić information content (AvgIpc) is 2.40. The van der Waals surface area contributed by atoms with Crippen LogP contribution in [0.4, 0.5) is 0 Å². The first-order chi connectivity index (χ1) is 9.54. The Hall–Kier alpha value is -0.200. The molecule has 1 atom stereocenters. The molecule has 0 aromatic carbocycles. The van der Waals surface area contributed by atoms with E-state index in [-0.39, 0.29) is 12.1 Å². The summed E-state index contributed by atoms with van der Waals surface area (Å²) in [5.41, 5.74) is -0.183. The van der Waals surface area contributed by atoms with E-state index in [2.05, 4.69) is 26.1 Å². The van der Waals surface area contributed by atoms with Crippen LogP contribution in [0.15, 0.2) is 0 Å². The summed E-state index contributed by atoms with van der Waals surface area (Å²) in [5, 5.41) is 12.9. The van der Waals surface area contributed by atoms with Gasteiger partial charge in [-0.2, -0.15) is 0 Å². The molecule has 0 aliphatic rings. The Morgan fingerprint density at radius 3 is 2.15 bits per heavy atom. The molecule has 0 aromatic heterocycles. The molecule has 0 aliphatic heterocycles. The number of hydrogen-bond donors (Lipinski definition) is 2. The van der Waals surface area contributed by atoms with Gasteiger partial charge in [0.05, 0.1) is 33.0 Å². The molecule has 1 unspecified atom stereocenters. The summed E-state index contributed by atoms with van der Waals surface area (Å²) in [5.74, 6) is 0. The summed E-state index contributed by atoms with van der Waals surface area (Å²) in [6.45, 7) is 9.67. The van der Waals surface area contributed by atoms with Gasteiger partial charge in [-0.25, -0.2) is 0 Å². The SMILES string of the molecule is COCCOCCOCCCCC(C)(CO)NC(C)C. The smallest absolute Gasteiger partial charge is 0.0701 e. The van der Waals surface area contributed by atoms with Gasteiger partial charge in [-0.05, 0) is 26.2 Å². The molecule has 0 fully saturated rings. The van der Waals surface area contributed by atoms with Gasteiger partial charge in [0, 0.05) is 25.3 Å². The van der Waals surface area contributed by atoms with Gasteiger partial charge >= 0.3 is 0 Å². The number of aliphatic hydroxyl groups excluding tert-OH is 1. The van der Waals surface area contributed by atoms with E-state index in [1.54, 1.807) is 7.11 Å². The van der Waals surface area contributed by atoms with E-state index in [0.717, 1.165) is 25.9 Å². The second-order valence-electron chi connectivity index (χ2n) is 5.69. The molecule has 0 aliphatic carbocycles. The summed E-state index contributed by atoms with van der Waals surface area (Å²) in [7, 11) is 1.66. The lowest BCUT2D eigenvalue weighted by atomic mass is 9.95. The van der Waals surface area contributed by atoms with Crippen LogP contribution >= 0.6 is 0 Å². The van der Waals surface area contributed by atoms with E-state index in [0.29, 0.717) is 32.5 Å². The van der Waals surface area contributed by atoms with Crippen LogP contribution in [0.5, 0.6) is 0 Å². The van der Waals surface area contributed by atoms with Gasteiger partial charge in [-0.3, -0.25) is 0 Å². The van der Waals surface area contributed by atoms with Crippen LogP contribution in [0.1, 0.15) is 40.0 Å². The molecule has 0 saturated heterocycles. The minimum Gasteiger partial charge on any atom is -0.394 e. The standard InChI is InChI=1S/C15H33NO4/c1-14(2)16-15(3,13-17)7-5-6-8-19-11-12-20-10-9-18-4/h14,16-17H,5-13H2,1-4H3. The summed E-state index contributed by atoms with van der Waals surface area (Å²) in [6.07, 6.45) is 3.00. The van der Waals surface area contributed by atoms with Crippen LogP contribution in [0, 0.1) is 0 Å². The normalized spacial score (nSPS) is 14.7. The number of nitrogens with one attached hydrogen (secondary N) is 1. The zero-order chi connectivity index (χ0) is 15.3. The molecule has 0 spiro atoms. The van der Waals surface area contributed by atoms with Gasteiger partial charge in [-0.15, -0.1) is 0 Å². The highest BCUT2D eigenvalue weighted by Crippen LogP contribution is 2.14. The summed E-state index contributed by atoms with van der Waals surface area (Å²) in [4.78, 5) is 0. The zero-order valence-electron chi connectivity index (χ0n) is 13.6. The lowest BCUT2D eigenvalue weighted by Crippen LogP contribution is -2.49. The maximum Gasteiger partial charge on any atom is 0.0701 e. The number of ether oxygens (including phenoxy) is 3. The maximum atomic E-state index is 9.46. The molecule has 0 aromatic rings. The molecule has 5 heteroatoms. The third-order valence-corrected chi connectivity index (χ3v) is 3.06. The molecule has 0 amide bonds. The quantitative estimate of drug-likeness (QED) is 0.476. The zero-order valence-corrected chi connectivity index (χ0v) is 13.6. The van der Waals surface area contributed by atoms with E-state index >= 15 is 0 Å². The highest BCUT2D eigenvalue weighted by atomic mass is 16.5. The predicted molar refractivity (Wildman–Crippen MR) is 81.1 cm³/mol. The van der Waals surface area contributed by atoms with Gasteiger partial charge in [0.25, 0.3) is 0 Å². The Balaban J connectivity index is 3.42. The molecule has 0 heterocycles. The van der Waals surface area contributed by atoms with Gasteiger partial charge in [-0.1, -0.05) is 13.8 Å². The van der Waals surface area contributed by atoms with E-state index in [1.807, 2.05) is 0 Å². The number of hydrogen-bond acceptors (Lipinski definition) is 5. The topological polar surface area (TPSA) is 60.0 Å². The molecule has 20 heavy (non-hydrogen) atoms. The Kier molecular flexibility index (Phi) is 12.4. The van der Waals surface area contributed by atoms with Crippen molar-refractivity contribution >= 4 is 0 Å². The van der Waals surface area contributed by atoms with Crippen LogP contribution in [-0.2, 0) is 14.2 Å². The molecule has 0 bridgehead atoms. The fraction of sp³-hybridized carbons (Fsp3) is 1.00. The van der Waals surface area contributed by atoms with Crippen LogP contribution in [0.2, 0.25) is 0 Å². The fourth-order valence-corrected chi connectivity index (χ4v) is 2.08. The van der Waals surface area contributed by atoms with Crippen molar-refractivity contribution in [2.24, 2.45) is 0 Å². The first-order valence-corrected chi connectivity index (χ1v) is 7.57. The van der Waals surface area contributed by atoms with Crippen molar-refractivity contribution in [1.29, 1.82) is 0 Å². The van der Waals surface area contributed by atoms with E-state index in [9.17, 15) is 5.11 Å². The molecule has 0 saturated carbocycles. The summed E-state index contributed by atoms with van der Waals surface area (Å²) in [6, 6.07) is 0.382. The van der Waals surface area contributed by atoms with E-state index < -0.39 is 0 Å². The van der Waals surface area contributed by atoms with Gasteiger partial charge < -0.3 is 24.6 Å². The van der Waals surface area contributed by atoms with Crippen LogP contribution in [0.3, 0.4) is 0 Å². The lowest BCUT2D eigenvalue weighted by molar-refractivity contribution is 0.0234. The van der Waals surface area contributed by atoms with Crippen LogP contribution in [-0.4, -0.2) is 63.4 Å². The second-order valence-corrected chi connectivity index (χ2v) is 5.69. The third kappa shape index (κ3) is 11.6. The van der Waals surface area contributed by atoms with E-state index in [4.69, 9.17) is 14.2 Å². The Morgan fingerprint density at radius 2 is 1.60 bits per heavy atom. The van der Waals surface area contributed by atoms with Crippen molar-refractivity contribution in [3.63, 3.8) is 0 Å². The van der Waals surface area contributed by atoms with Crippen LogP contribution in [0.25, 0.3) is 0 Å². The van der Waals surface area contributed by atoms with Gasteiger partial charge in [0.15, 0.2) is 0 Å². The Labute approximate surface area is 124 Å². The third-order valence-electron chi connectivity index (χ3n) is 3.06. The van der Waals surface area contributed by atoms with Gasteiger partial charge in [0.1, 0.15) is 0 Å². The average molecular weight is 291 g/mol. The monoisotopic (exact) mass is 291 g/mol. The Bertz CT molecular complexity index is 214. The largest absolute Gasteiger partial charge is 0.394 e. The van der Waals surface area contributed by atoms with Crippen molar-refractivity contribution in [2.45, 2.75) is 51.6 Å². The summed E-state index contributed by atoms with van der Waals surface area (Å²) >= 11 is 0. The number of methoxy groups -OCH3 is 1. The number of unbranched alkanes of at least 4 members (excludes halogenated alkanes) is 1. The molecule has 0 radical (unpaired) electrons. The molecular formula is C15H33NO4. The number of aliphatic hydroxyl groups is 1. The first kappa shape index (κ1) is 19.8. The highest BCUT2D eigenvalue weighted by molar-refractivity contribution is 4.83. The highest BCUT2D eigenvalue weighted by Gasteiger charge is 2.22. The van der Waals surface area contributed by atoms with Gasteiger partial charge in [0.2, 0.25) is 0 Å². The van der Waals surface area contributed by atoms with Crippen molar-refractivity contribution in [1.82, 2.24) is 5.32 Å². The molecule has 5 nitrogen and oxygen atoms in total. The first-order valence-electron chi connectivity index (χ1n) is 7.57. The Morgan fingerprint density at radius 1 is 1.00 bits per heavy atom. The minimum absolute atomic E-state index is 0.166. The van der Waals surface area contributed by atoms with Crippen molar-refractivity contribution in [2.75, 3.05) is 46.8 Å². The molecule has 122 valence electrons. The molecule has 2 N–H and O–H groups in total. The van der Waals surface area contributed by atoms with Crippen molar-refractivity contribution in [3.05, 3.63) is 0 Å². The maximum absolute atomic E-state index is 9.46. The minimum atomic E-state index is -0.183. The van der Waals surface area contributed by atoms with Crippen LogP contribution < -0.4 is 5.32 Å². The second kappa shape index (κ2) is 12.5. The fourth-order valence-electron chi connectivity index (χ4n) is 2.08. The number of rotatable bonds is 14. The molecule has 0 rings (SSSR count). The van der Waals surface area contributed by atoms with Crippen molar-refractivity contribution < 1.29 is 19.3 Å². The predicted octanol–water partition coefficient (Wildman–Crippen LogP) is 1.59. The van der Waals surface area contributed by atoms with E-state index in [1.165, 1.54) is 0 Å². The molecular weight excluding hydrogens is 258 g/mol. The lowest BCUT2D eigenvalue weighted by Gasteiger charge is -2.31.